The lowest BCUT2D eigenvalue weighted by Gasteiger charge is -2.29. The Kier molecular flexibility index (Phi) is 3.98. The van der Waals surface area contributed by atoms with E-state index in [0.717, 1.165) is 11.3 Å². The molecular formula is C12H17ClN2S. The number of anilines is 1. The first-order chi connectivity index (χ1) is 7.66. The number of nitrogens with one attached hydrogen (secondary N) is 1. The second-order valence-electron chi connectivity index (χ2n) is 4.30. The molecule has 0 saturated carbocycles. The van der Waals surface area contributed by atoms with Crippen LogP contribution in [0.3, 0.4) is 0 Å². The fraction of sp³-hybridized carbons (Fsp3) is 0.583. The van der Waals surface area contributed by atoms with Crippen molar-refractivity contribution >= 4 is 29.1 Å². The van der Waals surface area contributed by atoms with E-state index in [0.29, 0.717) is 16.4 Å². The van der Waals surface area contributed by atoms with Crippen LogP contribution in [0.2, 0.25) is 5.15 Å². The average Bonchev–Trinajstić information content (AvgIpc) is 2.27. The van der Waals surface area contributed by atoms with Crippen molar-refractivity contribution in [1.82, 2.24) is 4.98 Å². The van der Waals surface area contributed by atoms with Gasteiger partial charge in [0.25, 0.3) is 0 Å². The summed E-state index contributed by atoms with van der Waals surface area (Å²) in [5, 5.41) is 4.82. The maximum atomic E-state index is 5.91. The molecule has 0 spiro atoms. The van der Waals surface area contributed by atoms with Gasteiger partial charge in [-0.25, -0.2) is 4.98 Å². The molecule has 1 aromatic heterocycles. The number of hydrogen-bond acceptors (Lipinski definition) is 3. The highest BCUT2D eigenvalue weighted by atomic mass is 35.5. The summed E-state index contributed by atoms with van der Waals surface area (Å²) in [6.07, 6.45) is 4.36. The van der Waals surface area contributed by atoms with E-state index >= 15 is 0 Å². The maximum absolute atomic E-state index is 5.91. The second kappa shape index (κ2) is 5.28. The normalized spacial score (nSPS) is 25.4. The number of thioether (sulfide) groups is 1. The first-order valence-corrected chi connectivity index (χ1v) is 7.10. The van der Waals surface area contributed by atoms with Gasteiger partial charge in [-0.05, 0) is 37.1 Å². The quantitative estimate of drug-likeness (QED) is 0.816. The Bertz CT molecular complexity index is 370. The number of hydrogen-bond donors (Lipinski definition) is 1. The molecule has 2 unspecified atom stereocenters. The van der Waals surface area contributed by atoms with E-state index in [4.69, 9.17) is 11.6 Å². The van der Waals surface area contributed by atoms with Crippen molar-refractivity contribution in [3.05, 3.63) is 23.0 Å². The van der Waals surface area contributed by atoms with E-state index in [1.54, 1.807) is 0 Å². The molecule has 1 fully saturated rings. The number of aryl methyl sites for hydroxylation is 1. The van der Waals surface area contributed by atoms with Gasteiger partial charge in [-0.15, -0.1) is 0 Å². The third kappa shape index (κ3) is 2.83. The monoisotopic (exact) mass is 256 g/mol. The van der Waals surface area contributed by atoms with Crippen LogP contribution in [0.15, 0.2) is 12.3 Å². The molecule has 0 bridgehead atoms. The van der Waals surface area contributed by atoms with Gasteiger partial charge in [-0.1, -0.05) is 18.5 Å². The predicted octanol–water partition coefficient (Wildman–Crippen LogP) is 3.74. The summed E-state index contributed by atoms with van der Waals surface area (Å²) in [5.41, 5.74) is 2.11. The summed E-state index contributed by atoms with van der Waals surface area (Å²) < 4.78 is 0. The van der Waals surface area contributed by atoms with Gasteiger partial charge in [-0.2, -0.15) is 11.8 Å². The van der Waals surface area contributed by atoms with Crippen molar-refractivity contribution in [2.45, 2.75) is 38.0 Å². The minimum Gasteiger partial charge on any atom is -0.380 e. The summed E-state index contributed by atoms with van der Waals surface area (Å²) in [6.45, 7) is 4.28. The van der Waals surface area contributed by atoms with Crippen LogP contribution in [0.4, 0.5) is 5.69 Å². The minimum absolute atomic E-state index is 0.557. The SMILES string of the molecule is Cc1cc(NC2CCCSC2C)cnc1Cl. The number of pyridine rings is 1. The van der Waals surface area contributed by atoms with Gasteiger partial charge in [0.1, 0.15) is 5.15 Å². The van der Waals surface area contributed by atoms with Gasteiger partial charge in [0.2, 0.25) is 0 Å². The summed E-state index contributed by atoms with van der Waals surface area (Å²) >= 11 is 7.95. The standard InChI is InChI=1S/C12H17ClN2S/c1-8-6-10(7-14-12(8)13)15-11-4-3-5-16-9(11)2/h6-7,9,11,15H,3-5H2,1-2H3. The summed E-state index contributed by atoms with van der Waals surface area (Å²) in [5.74, 6) is 1.29. The van der Waals surface area contributed by atoms with Crippen LogP contribution < -0.4 is 5.32 Å². The van der Waals surface area contributed by atoms with Crippen molar-refractivity contribution in [3.63, 3.8) is 0 Å². The second-order valence-corrected chi connectivity index (χ2v) is 6.14. The predicted molar refractivity (Wildman–Crippen MR) is 72.5 cm³/mol. The van der Waals surface area contributed by atoms with Gasteiger partial charge < -0.3 is 5.32 Å². The van der Waals surface area contributed by atoms with Crippen molar-refractivity contribution in [2.75, 3.05) is 11.1 Å². The van der Waals surface area contributed by atoms with E-state index in [-0.39, 0.29) is 0 Å². The Labute approximate surface area is 106 Å². The molecule has 1 aliphatic rings. The zero-order valence-electron chi connectivity index (χ0n) is 9.66. The van der Waals surface area contributed by atoms with Crippen LogP contribution in [0.5, 0.6) is 0 Å². The first-order valence-electron chi connectivity index (χ1n) is 5.67. The fourth-order valence-electron chi connectivity index (χ4n) is 1.96. The van der Waals surface area contributed by atoms with E-state index in [1.807, 2.05) is 24.9 Å². The van der Waals surface area contributed by atoms with Gasteiger partial charge in [0.15, 0.2) is 0 Å². The number of rotatable bonds is 2. The molecule has 2 atom stereocenters. The highest BCUT2D eigenvalue weighted by molar-refractivity contribution is 8.00. The summed E-state index contributed by atoms with van der Waals surface area (Å²) in [4.78, 5) is 4.17. The Morgan fingerprint density at radius 3 is 3.06 bits per heavy atom. The van der Waals surface area contributed by atoms with Crippen LogP contribution in [0.25, 0.3) is 0 Å². The lowest BCUT2D eigenvalue weighted by atomic mass is 10.1. The van der Waals surface area contributed by atoms with Crippen molar-refractivity contribution in [1.29, 1.82) is 0 Å². The molecule has 0 aliphatic carbocycles. The Hall–Kier alpha value is -0.410. The largest absolute Gasteiger partial charge is 0.380 e. The third-order valence-electron chi connectivity index (χ3n) is 2.97. The number of aromatic nitrogens is 1. The molecule has 2 heterocycles. The van der Waals surface area contributed by atoms with E-state index in [9.17, 15) is 0 Å². The molecule has 2 nitrogen and oxygen atoms in total. The topological polar surface area (TPSA) is 24.9 Å². The van der Waals surface area contributed by atoms with Gasteiger partial charge in [-0.3, -0.25) is 0 Å². The molecule has 0 radical (unpaired) electrons. The van der Waals surface area contributed by atoms with Gasteiger partial charge in [0.05, 0.1) is 11.9 Å². The molecule has 0 amide bonds. The number of halogens is 1. The highest BCUT2D eigenvalue weighted by Gasteiger charge is 2.21. The lowest BCUT2D eigenvalue weighted by molar-refractivity contribution is 0.617. The number of nitrogens with zero attached hydrogens (tertiary/aromatic N) is 1. The Morgan fingerprint density at radius 2 is 2.38 bits per heavy atom. The third-order valence-corrected chi connectivity index (χ3v) is 4.75. The van der Waals surface area contributed by atoms with Crippen molar-refractivity contribution in [3.8, 4) is 0 Å². The minimum atomic E-state index is 0.557. The zero-order valence-corrected chi connectivity index (χ0v) is 11.2. The molecular weight excluding hydrogens is 240 g/mol. The Balaban J connectivity index is 2.05. The molecule has 16 heavy (non-hydrogen) atoms. The van der Waals surface area contributed by atoms with E-state index in [1.165, 1.54) is 18.6 Å². The smallest absolute Gasteiger partial charge is 0.132 e. The Morgan fingerprint density at radius 1 is 1.56 bits per heavy atom. The molecule has 4 heteroatoms. The molecule has 1 aromatic rings. The van der Waals surface area contributed by atoms with Crippen LogP contribution in [-0.4, -0.2) is 22.0 Å². The fourth-order valence-corrected chi connectivity index (χ4v) is 3.21. The molecule has 1 N–H and O–H groups in total. The van der Waals surface area contributed by atoms with E-state index in [2.05, 4.69) is 23.3 Å². The van der Waals surface area contributed by atoms with Gasteiger partial charge in [0, 0.05) is 11.3 Å². The average molecular weight is 257 g/mol. The molecule has 2 rings (SSSR count). The van der Waals surface area contributed by atoms with Crippen molar-refractivity contribution in [2.24, 2.45) is 0 Å². The van der Waals surface area contributed by atoms with Crippen LogP contribution >= 0.6 is 23.4 Å². The first kappa shape index (κ1) is 12.1. The van der Waals surface area contributed by atoms with E-state index < -0.39 is 0 Å². The zero-order chi connectivity index (χ0) is 11.5. The molecule has 1 aliphatic heterocycles. The van der Waals surface area contributed by atoms with Crippen molar-refractivity contribution < 1.29 is 0 Å². The molecule has 0 aromatic carbocycles. The van der Waals surface area contributed by atoms with Crippen LogP contribution in [0, 0.1) is 6.92 Å². The highest BCUT2D eigenvalue weighted by Crippen LogP contribution is 2.28. The molecule has 1 saturated heterocycles. The van der Waals surface area contributed by atoms with Gasteiger partial charge >= 0.3 is 0 Å². The molecule has 88 valence electrons. The van der Waals surface area contributed by atoms with Crippen LogP contribution in [-0.2, 0) is 0 Å². The lowest BCUT2D eigenvalue weighted by Crippen LogP contribution is -2.32. The van der Waals surface area contributed by atoms with Crippen LogP contribution in [0.1, 0.15) is 25.3 Å². The summed E-state index contributed by atoms with van der Waals surface area (Å²) in [7, 11) is 0. The maximum Gasteiger partial charge on any atom is 0.132 e. The summed E-state index contributed by atoms with van der Waals surface area (Å²) in [6, 6.07) is 2.63.